The summed E-state index contributed by atoms with van der Waals surface area (Å²) in [5.74, 6) is -0.215. The fourth-order valence-electron chi connectivity index (χ4n) is 2.73. The van der Waals surface area contributed by atoms with Crippen LogP contribution >= 0.6 is 0 Å². The van der Waals surface area contributed by atoms with Gasteiger partial charge in [-0.1, -0.05) is 6.07 Å². The number of rotatable bonds is 8. The second kappa shape index (κ2) is 9.67. The van der Waals surface area contributed by atoms with Gasteiger partial charge in [-0.2, -0.15) is 4.31 Å². The van der Waals surface area contributed by atoms with E-state index in [1.54, 1.807) is 19.1 Å². The minimum absolute atomic E-state index is 0.188. The topological polar surface area (TPSA) is 131 Å². The van der Waals surface area contributed by atoms with Crippen LogP contribution in [-0.4, -0.2) is 57.5 Å². The number of aryl methyl sites for hydroxylation is 1. The fraction of sp³-hybridized carbons (Fsp3) is 0.529. The number of sulfonamides is 1. The molecule has 0 radical (unpaired) electrons. The molecule has 27 heavy (non-hydrogen) atoms. The highest BCUT2D eigenvalue weighted by molar-refractivity contribution is 7.89. The summed E-state index contributed by atoms with van der Waals surface area (Å²) in [5, 5.41) is 5.18. The number of nitrogens with zero attached hydrogens (tertiary/aromatic N) is 1. The molecule has 1 aromatic rings. The molecule has 0 saturated carbocycles. The molecule has 1 saturated heterocycles. The van der Waals surface area contributed by atoms with Crippen LogP contribution in [0.2, 0.25) is 0 Å². The van der Waals surface area contributed by atoms with Crippen molar-refractivity contribution >= 4 is 27.6 Å². The van der Waals surface area contributed by atoms with Gasteiger partial charge in [-0.3, -0.25) is 4.79 Å². The molecule has 9 nitrogen and oxygen atoms in total. The number of nitrogens with two attached hydrogens (primary N) is 1. The van der Waals surface area contributed by atoms with E-state index in [-0.39, 0.29) is 17.2 Å². The second-order valence-corrected chi connectivity index (χ2v) is 8.20. The molecule has 150 valence electrons. The third-order valence-electron chi connectivity index (χ3n) is 4.19. The minimum Gasteiger partial charge on any atom is -0.379 e. The summed E-state index contributed by atoms with van der Waals surface area (Å²) in [5.41, 5.74) is 6.02. The molecule has 1 heterocycles. The third kappa shape index (κ3) is 6.19. The van der Waals surface area contributed by atoms with E-state index in [2.05, 4.69) is 10.6 Å². The zero-order valence-corrected chi connectivity index (χ0v) is 16.2. The highest BCUT2D eigenvalue weighted by Crippen LogP contribution is 2.24. The number of unbranched alkanes of at least 4 members (excludes halogenated alkanes) is 1. The first-order valence-electron chi connectivity index (χ1n) is 8.82. The van der Waals surface area contributed by atoms with E-state index < -0.39 is 16.1 Å². The smallest absolute Gasteiger partial charge is 0.312 e. The zero-order chi connectivity index (χ0) is 19.9. The molecule has 0 unspecified atom stereocenters. The number of anilines is 1. The van der Waals surface area contributed by atoms with Crippen molar-refractivity contribution in [1.82, 2.24) is 9.62 Å². The lowest BCUT2D eigenvalue weighted by Crippen LogP contribution is -2.40. The molecular formula is C17H26N4O5S. The second-order valence-electron chi connectivity index (χ2n) is 6.29. The monoisotopic (exact) mass is 398 g/mol. The van der Waals surface area contributed by atoms with Gasteiger partial charge < -0.3 is 21.1 Å². The van der Waals surface area contributed by atoms with Crippen molar-refractivity contribution in [1.29, 1.82) is 0 Å². The van der Waals surface area contributed by atoms with Crippen molar-refractivity contribution in [2.75, 3.05) is 38.2 Å². The number of hydrogen-bond acceptors (Lipinski definition) is 5. The predicted molar refractivity (Wildman–Crippen MR) is 101 cm³/mol. The molecule has 10 heteroatoms. The van der Waals surface area contributed by atoms with E-state index in [4.69, 9.17) is 10.5 Å². The quantitative estimate of drug-likeness (QED) is 0.557. The van der Waals surface area contributed by atoms with Crippen molar-refractivity contribution in [3.05, 3.63) is 23.8 Å². The summed E-state index contributed by atoms with van der Waals surface area (Å²) in [4.78, 5) is 22.8. The van der Waals surface area contributed by atoms with Crippen LogP contribution in [0.15, 0.2) is 23.1 Å². The Labute approximate surface area is 159 Å². The number of amides is 3. The lowest BCUT2D eigenvalue weighted by atomic mass is 10.2. The van der Waals surface area contributed by atoms with Crippen molar-refractivity contribution in [2.45, 2.75) is 31.1 Å². The van der Waals surface area contributed by atoms with Gasteiger partial charge >= 0.3 is 6.03 Å². The van der Waals surface area contributed by atoms with Crippen molar-refractivity contribution in [3.8, 4) is 0 Å². The molecule has 3 amide bonds. The van der Waals surface area contributed by atoms with Crippen LogP contribution in [0.25, 0.3) is 0 Å². The molecule has 0 spiro atoms. The Hall–Kier alpha value is -2.17. The van der Waals surface area contributed by atoms with Gasteiger partial charge in [0.1, 0.15) is 0 Å². The number of primary amides is 1. The standard InChI is InChI=1S/C17H26N4O5S/c1-13-5-6-14(20-16(22)4-2-3-7-19-17(18)23)12-15(13)27(24,25)21-8-10-26-11-9-21/h5-6,12H,2-4,7-11H2,1H3,(H,20,22)(H3,18,19,23). The van der Waals surface area contributed by atoms with Crippen LogP contribution < -0.4 is 16.4 Å². The first kappa shape index (κ1) is 21.1. The predicted octanol–water partition coefficient (Wildman–Crippen LogP) is 0.793. The number of nitrogens with one attached hydrogen (secondary N) is 2. The van der Waals surface area contributed by atoms with Crippen molar-refractivity contribution < 1.29 is 22.7 Å². The van der Waals surface area contributed by atoms with Gasteiger partial charge in [0, 0.05) is 31.7 Å². The van der Waals surface area contributed by atoms with Crippen LogP contribution in [-0.2, 0) is 19.6 Å². The Morgan fingerprint density at radius 2 is 1.93 bits per heavy atom. The summed E-state index contributed by atoms with van der Waals surface area (Å²) in [6.07, 6.45) is 1.47. The molecule has 0 bridgehead atoms. The van der Waals surface area contributed by atoms with Crippen LogP contribution in [0.1, 0.15) is 24.8 Å². The lowest BCUT2D eigenvalue weighted by Gasteiger charge is -2.26. The summed E-state index contributed by atoms with van der Waals surface area (Å²) in [7, 11) is -3.63. The maximum Gasteiger partial charge on any atom is 0.312 e. The third-order valence-corrected chi connectivity index (χ3v) is 6.23. The van der Waals surface area contributed by atoms with Gasteiger partial charge in [0.2, 0.25) is 15.9 Å². The molecule has 2 rings (SSSR count). The molecular weight excluding hydrogens is 372 g/mol. The summed E-state index contributed by atoms with van der Waals surface area (Å²) < 4.78 is 32.3. The average Bonchev–Trinajstić information content (AvgIpc) is 2.63. The molecule has 1 aliphatic rings. The summed E-state index contributed by atoms with van der Waals surface area (Å²) in [6, 6.07) is 4.26. The number of hydrogen-bond donors (Lipinski definition) is 3. The maximum atomic E-state index is 12.9. The molecule has 0 atom stereocenters. The first-order chi connectivity index (χ1) is 12.8. The lowest BCUT2D eigenvalue weighted by molar-refractivity contribution is -0.116. The average molecular weight is 398 g/mol. The highest BCUT2D eigenvalue weighted by atomic mass is 32.2. The Morgan fingerprint density at radius 1 is 1.22 bits per heavy atom. The number of urea groups is 1. The number of morpholine rings is 1. The summed E-state index contributed by atoms with van der Waals surface area (Å²) in [6.45, 7) is 3.52. The fourth-order valence-corrected chi connectivity index (χ4v) is 4.39. The van der Waals surface area contributed by atoms with Crippen LogP contribution in [0, 0.1) is 6.92 Å². The Kier molecular flexibility index (Phi) is 7.57. The van der Waals surface area contributed by atoms with E-state index in [0.717, 1.165) is 0 Å². The van der Waals surface area contributed by atoms with E-state index in [1.807, 2.05) is 0 Å². The van der Waals surface area contributed by atoms with Gasteiger partial charge in [0.15, 0.2) is 0 Å². The van der Waals surface area contributed by atoms with Crippen molar-refractivity contribution in [2.24, 2.45) is 5.73 Å². The van der Waals surface area contributed by atoms with Gasteiger partial charge in [0.05, 0.1) is 18.1 Å². The van der Waals surface area contributed by atoms with Crippen LogP contribution in [0.3, 0.4) is 0 Å². The summed E-state index contributed by atoms with van der Waals surface area (Å²) >= 11 is 0. The van der Waals surface area contributed by atoms with Gasteiger partial charge in [-0.05, 0) is 37.5 Å². The molecule has 1 fully saturated rings. The SMILES string of the molecule is Cc1ccc(NC(=O)CCCCNC(N)=O)cc1S(=O)(=O)N1CCOCC1. The maximum absolute atomic E-state index is 12.9. The van der Waals surface area contributed by atoms with E-state index in [0.29, 0.717) is 56.9 Å². The molecule has 0 aliphatic carbocycles. The number of carbonyl (C=O) groups excluding carboxylic acids is 2. The number of benzene rings is 1. The van der Waals surface area contributed by atoms with Gasteiger partial charge in [0.25, 0.3) is 0 Å². The Balaban J connectivity index is 1.98. The van der Waals surface area contributed by atoms with E-state index in [1.165, 1.54) is 10.4 Å². The Bertz CT molecular complexity index is 776. The molecule has 4 N–H and O–H groups in total. The van der Waals surface area contributed by atoms with Crippen LogP contribution in [0.5, 0.6) is 0 Å². The van der Waals surface area contributed by atoms with Crippen LogP contribution in [0.4, 0.5) is 10.5 Å². The van der Waals surface area contributed by atoms with E-state index in [9.17, 15) is 18.0 Å². The zero-order valence-electron chi connectivity index (χ0n) is 15.4. The minimum atomic E-state index is -3.63. The van der Waals surface area contributed by atoms with Gasteiger partial charge in [-0.25, -0.2) is 13.2 Å². The highest BCUT2D eigenvalue weighted by Gasteiger charge is 2.28. The first-order valence-corrected chi connectivity index (χ1v) is 10.3. The molecule has 1 aromatic carbocycles. The normalized spacial score (nSPS) is 15.3. The molecule has 1 aliphatic heterocycles. The molecule has 0 aromatic heterocycles. The number of ether oxygens (including phenoxy) is 1. The van der Waals surface area contributed by atoms with Crippen molar-refractivity contribution in [3.63, 3.8) is 0 Å². The Morgan fingerprint density at radius 3 is 2.59 bits per heavy atom. The largest absolute Gasteiger partial charge is 0.379 e. The van der Waals surface area contributed by atoms with E-state index >= 15 is 0 Å². The van der Waals surface area contributed by atoms with Gasteiger partial charge in [-0.15, -0.1) is 0 Å². The number of carbonyl (C=O) groups is 2.